The van der Waals surface area contributed by atoms with Gasteiger partial charge in [0.2, 0.25) is 11.4 Å². The van der Waals surface area contributed by atoms with Crippen molar-refractivity contribution >= 4 is 51.8 Å². The predicted molar refractivity (Wildman–Crippen MR) is 128 cm³/mol. The third kappa shape index (κ3) is 4.31. The number of nitrogens with zero attached hydrogens (tertiary/aromatic N) is 5. The molecule has 10 heteroatoms. The molecule has 0 saturated carbocycles. The second-order valence-electron chi connectivity index (χ2n) is 7.51. The van der Waals surface area contributed by atoms with Gasteiger partial charge < -0.3 is 19.5 Å². The zero-order chi connectivity index (χ0) is 22.8. The molecule has 8 nitrogen and oxygen atoms in total. The third-order valence-electron chi connectivity index (χ3n) is 5.59. The Morgan fingerprint density at radius 2 is 1.94 bits per heavy atom. The summed E-state index contributed by atoms with van der Waals surface area (Å²) in [6.07, 6.45) is 3.39. The number of aromatic nitrogens is 3. The van der Waals surface area contributed by atoms with Crippen molar-refractivity contribution in [2.45, 2.75) is 19.9 Å². The average molecular weight is 472 g/mol. The first-order chi connectivity index (χ1) is 15.4. The van der Waals surface area contributed by atoms with Gasteiger partial charge in [0.25, 0.3) is 0 Å². The van der Waals surface area contributed by atoms with Crippen molar-refractivity contribution in [2.24, 2.45) is 0 Å². The van der Waals surface area contributed by atoms with Gasteiger partial charge >= 0.3 is 5.97 Å². The minimum atomic E-state index is -1.26. The molecule has 0 spiro atoms. The first kappa shape index (κ1) is 22.2. The fraction of sp³-hybridized carbons (Fsp3) is 0.318. The Morgan fingerprint density at radius 1 is 1.22 bits per heavy atom. The fourth-order valence-corrected chi connectivity index (χ4v) is 4.32. The van der Waals surface area contributed by atoms with Crippen LogP contribution < -0.4 is 10.3 Å². The molecule has 1 aliphatic heterocycles. The highest BCUT2D eigenvalue weighted by atomic mass is 35.5. The molecular weight excluding hydrogens is 450 g/mol. The molecule has 0 bridgehead atoms. The highest BCUT2D eigenvalue weighted by Crippen LogP contribution is 2.19. The van der Waals surface area contributed by atoms with Gasteiger partial charge in [0.15, 0.2) is 0 Å². The number of carboxylic acid groups (broad SMARTS) is 1. The summed E-state index contributed by atoms with van der Waals surface area (Å²) in [5, 5.41) is 10.2. The number of aromatic carboxylic acids is 1. The molecule has 1 fully saturated rings. The molecule has 3 heterocycles. The number of anilines is 1. The number of pyridine rings is 1. The molecule has 1 N–H and O–H groups in total. The van der Waals surface area contributed by atoms with Gasteiger partial charge in [-0.05, 0) is 18.6 Å². The van der Waals surface area contributed by atoms with Crippen molar-refractivity contribution in [3.63, 3.8) is 0 Å². The van der Waals surface area contributed by atoms with Gasteiger partial charge in [-0.15, -0.1) is 0 Å². The molecule has 0 amide bonds. The summed E-state index contributed by atoms with van der Waals surface area (Å²) >= 11 is 11.9. The van der Waals surface area contributed by atoms with Gasteiger partial charge in [-0.1, -0.05) is 42.0 Å². The van der Waals surface area contributed by atoms with E-state index >= 15 is 0 Å². The lowest BCUT2D eigenvalue weighted by molar-refractivity contribution is 0.0695. The molecule has 1 aromatic carbocycles. The first-order valence-corrected chi connectivity index (χ1v) is 11.1. The quantitative estimate of drug-likeness (QED) is 0.568. The lowest BCUT2D eigenvalue weighted by Gasteiger charge is -2.36. The minimum Gasteiger partial charge on any atom is -0.477 e. The molecule has 1 saturated heterocycles. The number of hydrogen-bond donors (Lipinski definition) is 1. The van der Waals surface area contributed by atoms with Crippen LogP contribution in [0.4, 0.5) is 5.95 Å². The minimum absolute atomic E-state index is 0.204. The number of rotatable bonds is 5. The number of fused-ring (bicyclic) bond motifs is 1. The van der Waals surface area contributed by atoms with E-state index in [0.29, 0.717) is 42.7 Å². The summed E-state index contributed by atoms with van der Waals surface area (Å²) < 4.78 is 1.67. The normalized spacial score (nSPS) is 14.1. The van der Waals surface area contributed by atoms with E-state index in [1.807, 2.05) is 36.1 Å². The molecule has 3 aromatic rings. The van der Waals surface area contributed by atoms with Crippen LogP contribution in [-0.4, -0.2) is 61.7 Å². The zero-order valence-electron chi connectivity index (χ0n) is 17.5. The second-order valence-corrected chi connectivity index (χ2v) is 8.38. The maximum absolute atomic E-state index is 12.5. The Balaban J connectivity index is 1.51. The smallest absolute Gasteiger partial charge is 0.341 e. The van der Waals surface area contributed by atoms with Crippen molar-refractivity contribution in [2.75, 3.05) is 31.1 Å². The van der Waals surface area contributed by atoms with E-state index < -0.39 is 11.4 Å². The molecule has 0 radical (unpaired) electrons. The van der Waals surface area contributed by atoms with Gasteiger partial charge in [0.05, 0.1) is 10.4 Å². The van der Waals surface area contributed by atoms with Crippen molar-refractivity contribution in [3.05, 3.63) is 63.0 Å². The Morgan fingerprint density at radius 3 is 2.59 bits per heavy atom. The van der Waals surface area contributed by atoms with Crippen LogP contribution in [0.25, 0.3) is 11.0 Å². The lowest BCUT2D eigenvalue weighted by Crippen LogP contribution is -2.49. The van der Waals surface area contributed by atoms with Gasteiger partial charge in [-0.3, -0.25) is 4.79 Å². The van der Waals surface area contributed by atoms with Gasteiger partial charge in [0.1, 0.15) is 11.2 Å². The molecular formula is C22H22ClN5O3S. The summed E-state index contributed by atoms with van der Waals surface area (Å²) in [5.41, 5.74) is 0.594. The van der Waals surface area contributed by atoms with Crippen molar-refractivity contribution in [1.82, 2.24) is 19.4 Å². The number of carboxylic acids is 1. The highest BCUT2D eigenvalue weighted by Gasteiger charge is 2.23. The van der Waals surface area contributed by atoms with Crippen LogP contribution in [0.1, 0.15) is 22.8 Å². The molecule has 4 rings (SSSR count). The topological polar surface area (TPSA) is 91.6 Å². The van der Waals surface area contributed by atoms with E-state index in [4.69, 9.17) is 23.8 Å². The van der Waals surface area contributed by atoms with Crippen LogP contribution in [0.5, 0.6) is 0 Å². The van der Waals surface area contributed by atoms with Crippen molar-refractivity contribution < 1.29 is 9.90 Å². The van der Waals surface area contributed by atoms with E-state index in [0.717, 1.165) is 23.6 Å². The number of hydrogen-bond acceptors (Lipinski definition) is 6. The number of thiocarbonyl (C=S) groups is 1. The maximum atomic E-state index is 12.5. The van der Waals surface area contributed by atoms with Gasteiger partial charge in [-0.2, -0.15) is 4.98 Å². The summed E-state index contributed by atoms with van der Waals surface area (Å²) in [6, 6.07) is 7.70. The standard InChI is InChI=1S/C22H22ClN5O3S/c1-2-26-13-16(21(30)31)19(29)15-12-24-22(25-20(15)26)28-9-7-27(8-10-28)18(32)11-14-5-3-4-6-17(14)23/h3-6,12-13H,2,7-11H2,1H3,(H,30,31). The van der Waals surface area contributed by atoms with Gasteiger partial charge in [-0.25, -0.2) is 9.78 Å². The second kappa shape index (κ2) is 9.22. The predicted octanol–water partition coefficient (Wildman–Crippen LogP) is 2.86. The van der Waals surface area contributed by atoms with Crippen molar-refractivity contribution in [1.29, 1.82) is 0 Å². The molecule has 1 aliphatic rings. The van der Waals surface area contributed by atoms with E-state index in [1.54, 1.807) is 4.57 Å². The lowest BCUT2D eigenvalue weighted by atomic mass is 10.1. The molecule has 2 aromatic heterocycles. The zero-order valence-corrected chi connectivity index (χ0v) is 19.1. The Hall–Kier alpha value is -3.04. The Kier molecular flexibility index (Phi) is 6.38. The van der Waals surface area contributed by atoms with Crippen molar-refractivity contribution in [3.8, 4) is 0 Å². The fourth-order valence-electron chi connectivity index (χ4n) is 3.78. The van der Waals surface area contributed by atoms with Crippen LogP contribution in [0.2, 0.25) is 5.02 Å². The van der Waals surface area contributed by atoms with E-state index in [-0.39, 0.29) is 10.9 Å². The van der Waals surface area contributed by atoms with Crippen LogP contribution in [-0.2, 0) is 13.0 Å². The van der Waals surface area contributed by atoms with Gasteiger partial charge in [0, 0.05) is 56.6 Å². The van der Waals surface area contributed by atoms with E-state index in [9.17, 15) is 14.7 Å². The first-order valence-electron chi connectivity index (χ1n) is 10.3. The number of aryl methyl sites for hydroxylation is 1. The largest absolute Gasteiger partial charge is 0.477 e. The molecule has 0 unspecified atom stereocenters. The van der Waals surface area contributed by atoms with Crippen LogP contribution in [0.15, 0.2) is 41.5 Å². The number of carbonyl (C=O) groups is 1. The molecule has 0 aliphatic carbocycles. The molecule has 32 heavy (non-hydrogen) atoms. The maximum Gasteiger partial charge on any atom is 0.341 e. The monoisotopic (exact) mass is 471 g/mol. The van der Waals surface area contributed by atoms with E-state index in [1.165, 1.54) is 12.4 Å². The van der Waals surface area contributed by atoms with Crippen LogP contribution >= 0.6 is 23.8 Å². The summed E-state index contributed by atoms with van der Waals surface area (Å²) in [4.78, 5) is 37.9. The third-order valence-corrected chi connectivity index (χ3v) is 6.36. The summed E-state index contributed by atoms with van der Waals surface area (Å²) in [7, 11) is 0. The molecule has 0 atom stereocenters. The Labute approximate surface area is 195 Å². The van der Waals surface area contributed by atoms with Crippen LogP contribution in [0.3, 0.4) is 0 Å². The summed E-state index contributed by atoms with van der Waals surface area (Å²) in [6.45, 7) is 5.16. The number of halogens is 1. The number of piperazine rings is 1. The SMILES string of the molecule is CCn1cc(C(=O)O)c(=O)c2cnc(N3CCN(C(=S)Cc4ccccc4Cl)CC3)nc21. The van der Waals surface area contributed by atoms with E-state index in [2.05, 4.69) is 14.9 Å². The number of benzene rings is 1. The highest BCUT2D eigenvalue weighted by molar-refractivity contribution is 7.80. The average Bonchev–Trinajstić information content (AvgIpc) is 2.80. The molecule has 166 valence electrons. The summed E-state index contributed by atoms with van der Waals surface area (Å²) in [5.74, 6) is -0.745. The van der Waals surface area contributed by atoms with Crippen LogP contribution in [0, 0.1) is 0 Å². The Bertz CT molecular complexity index is 1250.